The quantitative estimate of drug-likeness (QED) is 0.161. The number of rotatable bonds is 3. The fourth-order valence-electron chi connectivity index (χ4n) is 14.4. The summed E-state index contributed by atoms with van der Waals surface area (Å²) in [5.41, 5.74) is 17.0. The smallest absolute Gasteiger partial charge is 0.416 e. The molecule has 0 radical (unpaired) electrons. The van der Waals surface area contributed by atoms with Crippen molar-refractivity contribution >= 4 is 51.2 Å². The number of hydrogen-bond acceptors (Lipinski definition) is 8. The SMILES string of the molecule is CC(C)(C)c1nc2c(F)cccn2c1C(C)(C)C.CC(C)(C)c1nc2cc(C(F)(F)F)ccn2c1C(C)(C)C.CC(C)(C)c1nc2cc(F)ccn2c1C(C)(C)C.CC(C)(C)c1nc2ccc(F)cn2c1C(C)(C)C.CC(C)Oc1cc2nc(C(C)(C)C)c(C(C)(C)C)n2cc1Cl.CN(C)c1ccn2c(C(C)(C)C)c(C(C)(C)C)nc2c1. The Balaban J connectivity index is 0.000000194. The lowest BCUT2D eigenvalue weighted by molar-refractivity contribution is -0.137. The van der Waals surface area contributed by atoms with E-state index in [1.807, 2.05) is 87.1 Å². The molecule has 0 fully saturated rings. The van der Waals surface area contributed by atoms with Gasteiger partial charge in [0.25, 0.3) is 0 Å². The van der Waals surface area contributed by atoms with Crippen LogP contribution in [0.25, 0.3) is 33.9 Å². The van der Waals surface area contributed by atoms with Crippen LogP contribution in [0.3, 0.4) is 0 Å². The first-order chi connectivity index (χ1) is 52.6. The first kappa shape index (κ1) is 95.7. The normalized spacial score (nSPS) is 13.3. The second kappa shape index (κ2) is 33.0. The molecule has 0 amide bonds. The molecule has 0 N–H and O–H groups in total. The number of anilines is 1. The van der Waals surface area contributed by atoms with Gasteiger partial charge in [-0.1, -0.05) is 261 Å². The van der Waals surface area contributed by atoms with E-state index in [0.29, 0.717) is 27.7 Å². The van der Waals surface area contributed by atoms with Crippen molar-refractivity contribution in [3.8, 4) is 5.75 Å². The summed E-state index contributed by atoms with van der Waals surface area (Å²) < 4.78 is 96.9. The van der Waals surface area contributed by atoms with Crippen LogP contribution in [-0.4, -0.2) is 76.5 Å². The third-order valence-electron chi connectivity index (χ3n) is 19.4. The largest absolute Gasteiger partial charge is 0.489 e. The minimum atomic E-state index is -4.35. The molecule has 0 aromatic carbocycles. The number of aromatic nitrogens is 12. The predicted octanol–water partition coefficient (Wildman–Crippen LogP) is 26.5. The van der Waals surface area contributed by atoms with Gasteiger partial charge in [-0.2, -0.15) is 13.2 Å². The van der Waals surface area contributed by atoms with E-state index in [0.717, 1.165) is 80.3 Å². The van der Waals surface area contributed by atoms with Gasteiger partial charge in [0.1, 0.15) is 45.6 Å². The molecule has 12 rings (SSSR count). The number of hydrogen-bond donors (Lipinski definition) is 0. The van der Waals surface area contributed by atoms with E-state index in [4.69, 9.17) is 26.3 Å². The minimum Gasteiger partial charge on any atom is -0.489 e. The Bertz CT molecular complexity index is 5460. The van der Waals surface area contributed by atoms with Crippen LogP contribution in [0.2, 0.25) is 5.02 Å². The highest BCUT2D eigenvalue weighted by atomic mass is 35.5. The van der Waals surface area contributed by atoms with Gasteiger partial charge in [-0.05, 0) is 62.4 Å². The number of halogens is 7. The maximum absolute atomic E-state index is 13.9. The Labute approximate surface area is 700 Å². The summed E-state index contributed by atoms with van der Waals surface area (Å²) in [4.78, 5) is 30.3. The van der Waals surface area contributed by atoms with Gasteiger partial charge >= 0.3 is 6.18 Å². The molecular formula is C96H138ClF6N13O. The van der Waals surface area contributed by atoms with Crippen LogP contribution < -0.4 is 9.64 Å². The summed E-state index contributed by atoms with van der Waals surface area (Å²) in [6, 6.07) is 17.8. The van der Waals surface area contributed by atoms with Gasteiger partial charge in [0.05, 0.1) is 85.0 Å². The third kappa shape index (κ3) is 22.4. The van der Waals surface area contributed by atoms with Gasteiger partial charge in [-0.15, -0.1) is 0 Å². The minimum absolute atomic E-state index is 0.0220. The number of imidazole rings is 6. The third-order valence-corrected chi connectivity index (χ3v) is 19.7. The van der Waals surface area contributed by atoms with E-state index in [1.54, 1.807) is 22.7 Å². The zero-order chi connectivity index (χ0) is 89.5. The van der Waals surface area contributed by atoms with Crippen molar-refractivity contribution in [3.63, 3.8) is 0 Å². The highest BCUT2D eigenvalue weighted by Gasteiger charge is 2.39. The van der Waals surface area contributed by atoms with Gasteiger partial charge in [-0.3, -0.25) is 0 Å². The van der Waals surface area contributed by atoms with E-state index < -0.39 is 11.7 Å². The topological polar surface area (TPSA) is 116 Å². The van der Waals surface area contributed by atoms with Crippen LogP contribution in [-0.2, 0) is 71.2 Å². The van der Waals surface area contributed by atoms with Crippen molar-refractivity contribution in [2.75, 3.05) is 19.0 Å². The monoisotopic (exact) mass is 1640 g/mol. The molecule has 0 spiro atoms. The molecule has 117 heavy (non-hydrogen) atoms. The Morgan fingerprint density at radius 2 is 0.658 bits per heavy atom. The molecule has 12 heterocycles. The summed E-state index contributed by atoms with van der Waals surface area (Å²) in [6.45, 7) is 81.3. The van der Waals surface area contributed by atoms with Crippen LogP contribution in [0.15, 0.2) is 104 Å². The number of alkyl halides is 3. The summed E-state index contributed by atoms with van der Waals surface area (Å²) in [5, 5.41) is 0.615. The zero-order valence-corrected chi connectivity index (χ0v) is 79.0. The molecule has 0 aliphatic carbocycles. The fourth-order valence-corrected chi connectivity index (χ4v) is 14.6. The van der Waals surface area contributed by atoms with Crippen LogP contribution in [0.4, 0.5) is 32.0 Å². The number of nitrogens with zero attached hydrogens (tertiary/aromatic N) is 13. The molecule has 0 aliphatic rings. The second-order valence-corrected chi connectivity index (χ2v) is 44.5. The van der Waals surface area contributed by atoms with E-state index in [9.17, 15) is 26.3 Å². The molecule has 0 saturated carbocycles. The Hall–Kier alpha value is -8.39. The maximum atomic E-state index is 13.9. The number of pyridine rings is 6. The van der Waals surface area contributed by atoms with Gasteiger partial charge in [0, 0.05) is 140 Å². The molecule has 0 bridgehead atoms. The molecule has 0 saturated heterocycles. The van der Waals surface area contributed by atoms with Crippen LogP contribution >= 0.6 is 11.6 Å². The lowest BCUT2D eigenvalue weighted by Crippen LogP contribution is -2.23. The Morgan fingerprint density at radius 3 is 1.03 bits per heavy atom. The predicted molar refractivity (Wildman–Crippen MR) is 476 cm³/mol. The molecule has 0 atom stereocenters. The molecular weight excluding hydrogens is 1500 g/mol. The lowest BCUT2D eigenvalue weighted by Gasteiger charge is -2.26. The second-order valence-electron chi connectivity index (χ2n) is 44.1. The zero-order valence-electron chi connectivity index (χ0n) is 78.3. The molecule has 21 heteroatoms. The summed E-state index contributed by atoms with van der Waals surface area (Å²) in [5.74, 6) is -0.0483. The van der Waals surface area contributed by atoms with Crippen molar-refractivity contribution in [1.29, 1.82) is 0 Å². The van der Waals surface area contributed by atoms with E-state index >= 15 is 0 Å². The maximum Gasteiger partial charge on any atom is 0.416 e. The van der Waals surface area contributed by atoms with Gasteiger partial charge in [0.15, 0.2) is 11.5 Å². The number of fused-ring (bicyclic) bond motifs is 6. The average molecular weight is 1640 g/mol. The first-order valence-corrected chi connectivity index (χ1v) is 41.2. The van der Waals surface area contributed by atoms with Crippen LogP contribution in [0.5, 0.6) is 5.75 Å². The summed E-state index contributed by atoms with van der Waals surface area (Å²) >= 11 is 6.42. The van der Waals surface area contributed by atoms with E-state index in [2.05, 4.69) is 274 Å². The fraction of sp³-hybridized carbons (Fsp3) is 0.562. The van der Waals surface area contributed by atoms with Crippen LogP contribution in [0, 0.1) is 17.5 Å². The molecule has 14 nitrogen and oxygen atoms in total. The molecule has 12 aromatic heterocycles. The van der Waals surface area contributed by atoms with Crippen LogP contribution in [0.1, 0.15) is 337 Å². The summed E-state index contributed by atoms with van der Waals surface area (Å²) in [7, 11) is 4.12. The molecule has 12 aromatic rings. The Morgan fingerprint density at radius 1 is 0.333 bits per heavy atom. The van der Waals surface area contributed by atoms with Crippen molar-refractivity contribution in [2.45, 2.75) is 340 Å². The highest BCUT2D eigenvalue weighted by Crippen LogP contribution is 2.43. The average Bonchev–Trinajstić information content (AvgIpc) is 1.63. The lowest BCUT2D eigenvalue weighted by atomic mass is 9.82. The Kier molecular flexibility index (Phi) is 27.0. The van der Waals surface area contributed by atoms with Gasteiger partial charge in [0.2, 0.25) is 0 Å². The van der Waals surface area contributed by atoms with Gasteiger partial charge in [-0.25, -0.2) is 43.1 Å². The van der Waals surface area contributed by atoms with Crippen molar-refractivity contribution in [2.24, 2.45) is 0 Å². The standard InChI is InChI=1S/C18H27ClN2O.C17H27N3.C16H21F3N2.3C15H21FN2/c1-11(2)22-13-9-14-20-15(17(3,4)5)16(18(6,7)8)21(14)10-12(13)19;1-16(2,3)14-15(17(4,5)6)20-10-9-12(19(7)8)11-13(20)18-14;1-14(2,3)12-13(15(4,5)6)21-8-7-10(16(17,18)19)9-11(21)20-12;1-14(2,3)12-13(15(4,5)6)18-8-7-10(16)9-11(18)17-12;1-14(2,3)12-13(15(4,5)6)18-9-10(16)7-8-11(18)17-12;1-14(2,3)11-12(15(4,5)6)18-9-7-8-10(16)13(18)17-11/h9-11H,1-8H3;9-11H,1-8H3;7-9H,1-6H3;3*7-9H,1-6H3. The molecule has 0 aliphatic heterocycles. The highest BCUT2D eigenvalue weighted by molar-refractivity contribution is 6.32. The first-order valence-electron chi connectivity index (χ1n) is 40.8. The number of ether oxygens (including phenoxy) is 1. The van der Waals surface area contributed by atoms with Crippen molar-refractivity contribution < 1.29 is 31.1 Å². The van der Waals surface area contributed by atoms with E-state index in [-0.39, 0.29) is 88.5 Å². The van der Waals surface area contributed by atoms with Crippen molar-refractivity contribution in [3.05, 3.63) is 200 Å². The van der Waals surface area contributed by atoms with Gasteiger partial charge < -0.3 is 36.0 Å². The molecule has 642 valence electrons. The summed E-state index contributed by atoms with van der Waals surface area (Å²) in [6.07, 6.45) is 6.47. The molecule has 0 unspecified atom stereocenters. The van der Waals surface area contributed by atoms with E-state index in [1.165, 1.54) is 59.4 Å². The van der Waals surface area contributed by atoms with Crippen molar-refractivity contribution in [1.82, 2.24) is 56.3 Å².